The molecule has 1 rings (SSSR count). The van der Waals surface area contributed by atoms with Crippen LogP contribution in [0.5, 0.6) is 0 Å². The van der Waals surface area contributed by atoms with Gasteiger partial charge in [0.25, 0.3) is 0 Å². The fourth-order valence-electron chi connectivity index (χ4n) is 3.59. The summed E-state index contributed by atoms with van der Waals surface area (Å²) in [5, 5.41) is 0. The molecule has 0 bridgehead atoms. The Balaban J connectivity index is 2.32. The summed E-state index contributed by atoms with van der Waals surface area (Å²) >= 11 is 0. The van der Waals surface area contributed by atoms with E-state index in [1.54, 1.807) is 0 Å². The van der Waals surface area contributed by atoms with Crippen LogP contribution < -0.4 is 0 Å². The summed E-state index contributed by atoms with van der Waals surface area (Å²) < 4.78 is 0. The molecule has 100 valence electrons. The van der Waals surface area contributed by atoms with Gasteiger partial charge in [-0.2, -0.15) is 0 Å². The Kier molecular flexibility index (Phi) is 6.30. The highest BCUT2D eigenvalue weighted by atomic mass is 14.4. The van der Waals surface area contributed by atoms with Gasteiger partial charge in [0.2, 0.25) is 0 Å². The van der Waals surface area contributed by atoms with Crippen molar-refractivity contribution in [1.82, 2.24) is 0 Å². The lowest BCUT2D eigenvalue weighted by molar-refractivity contribution is 0.353. The summed E-state index contributed by atoms with van der Waals surface area (Å²) in [7, 11) is 0. The Morgan fingerprint density at radius 3 is 2.29 bits per heavy atom. The third-order valence-corrected chi connectivity index (χ3v) is 4.61. The van der Waals surface area contributed by atoms with Crippen LogP contribution in [-0.4, -0.2) is 0 Å². The van der Waals surface area contributed by atoms with Crippen LogP contribution in [0.25, 0.3) is 0 Å². The van der Waals surface area contributed by atoms with E-state index in [0.29, 0.717) is 0 Å². The summed E-state index contributed by atoms with van der Waals surface area (Å²) in [6.07, 6.45) is 9.66. The lowest BCUT2D eigenvalue weighted by Crippen LogP contribution is -2.07. The van der Waals surface area contributed by atoms with E-state index in [1.165, 1.54) is 50.5 Å². The maximum Gasteiger partial charge on any atom is -0.0300 e. The molecule has 0 N–H and O–H groups in total. The first-order chi connectivity index (χ1) is 8.06. The van der Waals surface area contributed by atoms with Gasteiger partial charge in [-0.15, -0.1) is 0 Å². The van der Waals surface area contributed by atoms with Gasteiger partial charge in [-0.05, 0) is 55.8 Å². The van der Waals surface area contributed by atoms with Gasteiger partial charge in [0, 0.05) is 0 Å². The van der Waals surface area contributed by atoms with Crippen molar-refractivity contribution in [2.24, 2.45) is 23.7 Å². The predicted molar refractivity (Wildman–Crippen MR) is 78.1 cm³/mol. The van der Waals surface area contributed by atoms with Crippen molar-refractivity contribution in [3.63, 3.8) is 0 Å². The van der Waals surface area contributed by atoms with Crippen molar-refractivity contribution in [2.75, 3.05) is 0 Å². The summed E-state index contributed by atoms with van der Waals surface area (Å²) in [5.74, 6) is 3.79. The average molecular weight is 236 g/mol. The molecule has 0 heteroatoms. The molecule has 0 aromatic rings. The van der Waals surface area contributed by atoms with Crippen molar-refractivity contribution in [1.29, 1.82) is 0 Å². The molecule has 3 atom stereocenters. The molecular formula is C17H32. The van der Waals surface area contributed by atoms with E-state index in [0.717, 1.165) is 23.7 Å². The van der Waals surface area contributed by atoms with Crippen molar-refractivity contribution >= 4 is 0 Å². The molecule has 0 aromatic carbocycles. The van der Waals surface area contributed by atoms with Crippen LogP contribution in [0.15, 0.2) is 12.2 Å². The number of hydrogen-bond acceptors (Lipinski definition) is 0. The number of hydrogen-bond donors (Lipinski definition) is 0. The van der Waals surface area contributed by atoms with Crippen LogP contribution in [0.2, 0.25) is 0 Å². The van der Waals surface area contributed by atoms with Gasteiger partial charge in [0.05, 0.1) is 0 Å². The monoisotopic (exact) mass is 236 g/mol. The largest absolute Gasteiger partial charge is 0.0999 e. The minimum Gasteiger partial charge on any atom is -0.0999 e. The third-order valence-electron chi connectivity index (χ3n) is 4.61. The summed E-state index contributed by atoms with van der Waals surface area (Å²) in [6, 6.07) is 0. The van der Waals surface area contributed by atoms with E-state index >= 15 is 0 Å². The Hall–Kier alpha value is -0.260. The summed E-state index contributed by atoms with van der Waals surface area (Å²) in [4.78, 5) is 0. The third kappa shape index (κ3) is 4.85. The summed E-state index contributed by atoms with van der Waals surface area (Å²) in [6.45, 7) is 13.6. The molecule has 0 radical (unpaired) electrons. The molecule has 0 nitrogen and oxygen atoms in total. The van der Waals surface area contributed by atoms with Crippen LogP contribution in [-0.2, 0) is 0 Å². The van der Waals surface area contributed by atoms with E-state index < -0.39 is 0 Å². The van der Waals surface area contributed by atoms with Gasteiger partial charge in [-0.25, -0.2) is 0 Å². The minimum atomic E-state index is 0.774. The standard InChI is InChI=1S/C17H32/c1-6-15-11-16(7-2)17(12-15)9-8-14(5)10-13(3)4/h13,15-17H,5-12H2,1-4H3. The van der Waals surface area contributed by atoms with E-state index in [2.05, 4.69) is 34.3 Å². The molecule has 0 amide bonds. The SMILES string of the molecule is C=C(CCC1CC(CC)CC1CC)CC(C)C. The Labute approximate surface area is 109 Å². The molecule has 1 aliphatic carbocycles. The highest BCUT2D eigenvalue weighted by molar-refractivity contribution is 4.96. The van der Waals surface area contributed by atoms with E-state index in [-0.39, 0.29) is 0 Å². The van der Waals surface area contributed by atoms with Crippen molar-refractivity contribution in [3.05, 3.63) is 12.2 Å². The Bertz CT molecular complexity index is 226. The van der Waals surface area contributed by atoms with Gasteiger partial charge >= 0.3 is 0 Å². The normalized spacial score (nSPS) is 28.9. The molecule has 0 heterocycles. The van der Waals surface area contributed by atoms with Crippen molar-refractivity contribution in [3.8, 4) is 0 Å². The van der Waals surface area contributed by atoms with Crippen LogP contribution in [0.1, 0.15) is 72.6 Å². The molecule has 0 saturated heterocycles. The molecule has 1 aliphatic rings. The molecule has 1 fully saturated rings. The van der Waals surface area contributed by atoms with Crippen LogP contribution >= 0.6 is 0 Å². The van der Waals surface area contributed by atoms with Crippen LogP contribution in [0.4, 0.5) is 0 Å². The first kappa shape index (κ1) is 14.8. The van der Waals surface area contributed by atoms with E-state index in [4.69, 9.17) is 0 Å². The number of rotatable bonds is 7. The zero-order valence-corrected chi connectivity index (χ0v) is 12.5. The van der Waals surface area contributed by atoms with Gasteiger partial charge in [0.15, 0.2) is 0 Å². The minimum absolute atomic E-state index is 0.774. The predicted octanol–water partition coefficient (Wildman–Crippen LogP) is 5.83. The molecule has 0 aliphatic heterocycles. The Morgan fingerprint density at radius 2 is 1.76 bits per heavy atom. The number of allylic oxidation sites excluding steroid dienone is 1. The van der Waals surface area contributed by atoms with Crippen molar-refractivity contribution < 1.29 is 0 Å². The molecule has 0 aromatic heterocycles. The lowest BCUT2D eigenvalue weighted by Gasteiger charge is -2.18. The second-order valence-corrected chi connectivity index (χ2v) is 6.56. The maximum atomic E-state index is 4.25. The van der Waals surface area contributed by atoms with Gasteiger partial charge in [-0.1, -0.05) is 52.7 Å². The first-order valence-corrected chi connectivity index (χ1v) is 7.73. The first-order valence-electron chi connectivity index (χ1n) is 7.73. The molecule has 3 unspecified atom stereocenters. The van der Waals surface area contributed by atoms with Crippen LogP contribution in [0.3, 0.4) is 0 Å². The topological polar surface area (TPSA) is 0 Å². The molecular weight excluding hydrogens is 204 g/mol. The smallest absolute Gasteiger partial charge is 0.0300 e. The fourth-order valence-corrected chi connectivity index (χ4v) is 3.59. The lowest BCUT2D eigenvalue weighted by atomic mass is 9.87. The van der Waals surface area contributed by atoms with Gasteiger partial charge in [0.1, 0.15) is 0 Å². The highest BCUT2D eigenvalue weighted by Gasteiger charge is 2.31. The fraction of sp³-hybridized carbons (Fsp3) is 0.882. The molecule has 0 spiro atoms. The quantitative estimate of drug-likeness (QED) is 0.488. The van der Waals surface area contributed by atoms with Crippen molar-refractivity contribution in [2.45, 2.75) is 72.6 Å². The summed E-state index contributed by atoms with van der Waals surface area (Å²) in [5.41, 5.74) is 1.48. The van der Waals surface area contributed by atoms with Gasteiger partial charge < -0.3 is 0 Å². The molecule has 1 saturated carbocycles. The average Bonchev–Trinajstić information content (AvgIpc) is 2.67. The second-order valence-electron chi connectivity index (χ2n) is 6.56. The van der Waals surface area contributed by atoms with Crippen LogP contribution in [0, 0.1) is 23.7 Å². The zero-order valence-electron chi connectivity index (χ0n) is 12.5. The van der Waals surface area contributed by atoms with E-state index in [1.807, 2.05) is 0 Å². The maximum absolute atomic E-state index is 4.25. The van der Waals surface area contributed by atoms with E-state index in [9.17, 15) is 0 Å². The molecule has 17 heavy (non-hydrogen) atoms. The van der Waals surface area contributed by atoms with Gasteiger partial charge in [-0.3, -0.25) is 0 Å². The zero-order chi connectivity index (χ0) is 12.8. The second kappa shape index (κ2) is 7.24. The highest BCUT2D eigenvalue weighted by Crippen LogP contribution is 2.42. The Morgan fingerprint density at radius 1 is 1.12 bits per heavy atom.